The van der Waals surface area contributed by atoms with Crippen LogP contribution >= 0.6 is 27.3 Å². The van der Waals surface area contributed by atoms with Crippen LogP contribution in [0.3, 0.4) is 0 Å². The second-order valence-corrected chi connectivity index (χ2v) is 7.99. The maximum atomic E-state index is 13.8. The summed E-state index contributed by atoms with van der Waals surface area (Å²) in [6, 6.07) is 15.8. The van der Waals surface area contributed by atoms with E-state index in [1.54, 1.807) is 29.6 Å². The molecular formula is C19H13BrF3N3OS. The number of benzene rings is 2. The number of thiazole rings is 1. The summed E-state index contributed by atoms with van der Waals surface area (Å²) in [5, 5.41) is 16.9. The van der Waals surface area contributed by atoms with Gasteiger partial charge in [0.05, 0.1) is 17.8 Å². The molecule has 4 nitrogen and oxygen atoms in total. The lowest BCUT2D eigenvalue weighted by molar-refractivity contribution is -0.254. The highest BCUT2D eigenvalue weighted by atomic mass is 79.9. The molecule has 0 fully saturated rings. The van der Waals surface area contributed by atoms with E-state index < -0.39 is 18.3 Å². The molecule has 1 aliphatic rings. The van der Waals surface area contributed by atoms with Crippen molar-refractivity contribution >= 4 is 38.1 Å². The van der Waals surface area contributed by atoms with E-state index in [0.717, 1.165) is 21.4 Å². The number of halogens is 4. The molecule has 0 aliphatic carbocycles. The topological polar surface area (TPSA) is 48.7 Å². The lowest BCUT2D eigenvalue weighted by atomic mass is 10.0. The summed E-state index contributed by atoms with van der Waals surface area (Å²) in [4.78, 5) is 4.28. The Balaban J connectivity index is 1.75. The van der Waals surface area contributed by atoms with Crippen molar-refractivity contribution in [3.8, 4) is 11.3 Å². The first-order chi connectivity index (χ1) is 13.3. The monoisotopic (exact) mass is 467 g/mol. The van der Waals surface area contributed by atoms with Gasteiger partial charge in [0.2, 0.25) is 5.13 Å². The summed E-state index contributed by atoms with van der Waals surface area (Å²) >= 11 is 4.29. The zero-order valence-corrected chi connectivity index (χ0v) is 16.6. The Morgan fingerprint density at radius 3 is 2.36 bits per heavy atom. The quantitative estimate of drug-likeness (QED) is 0.557. The number of alkyl halides is 3. The normalized spacial score (nSPS) is 19.8. The zero-order valence-electron chi connectivity index (χ0n) is 14.2. The first-order valence-corrected chi connectivity index (χ1v) is 9.89. The fraction of sp³-hybridized carbons (Fsp3) is 0.158. The van der Waals surface area contributed by atoms with E-state index in [2.05, 4.69) is 26.0 Å². The molecule has 0 saturated carbocycles. The van der Waals surface area contributed by atoms with Crippen LogP contribution in [-0.4, -0.2) is 27.7 Å². The van der Waals surface area contributed by atoms with Crippen LogP contribution in [0.1, 0.15) is 12.0 Å². The van der Waals surface area contributed by atoms with Crippen molar-refractivity contribution in [2.45, 2.75) is 18.3 Å². The van der Waals surface area contributed by atoms with E-state index >= 15 is 0 Å². The van der Waals surface area contributed by atoms with Crippen LogP contribution in [0, 0.1) is 0 Å². The van der Waals surface area contributed by atoms with Crippen molar-refractivity contribution in [1.29, 1.82) is 0 Å². The van der Waals surface area contributed by atoms with Gasteiger partial charge in [0.25, 0.3) is 5.72 Å². The summed E-state index contributed by atoms with van der Waals surface area (Å²) in [6.45, 7) is 0. The maximum absolute atomic E-state index is 13.8. The van der Waals surface area contributed by atoms with Crippen LogP contribution in [-0.2, 0) is 0 Å². The van der Waals surface area contributed by atoms with Crippen LogP contribution < -0.4 is 5.01 Å². The van der Waals surface area contributed by atoms with Gasteiger partial charge in [0.15, 0.2) is 0 Å². The molecule has 1 aromatic heterocycles. The highest BCUT2D eigenvalue weighted by molar-refractivity contribution is 9.10. The lowest BCUT2D eigenvalue weighted by Gasteiger charge is -2.32. The van der Waals surface area contributed by atoms with Gasteiger partial charge >= 0.3 is 6.18 Å². The average molecular weight is 468 g/mol. The maximum Gasteiger partial charge on any atom is 0.438 e. The van der Waals surface area contributed by atoms with E-state index in [4.69, 9.17) is 0 Å². The Bertz CT molecular complexity index is 1020. The van der Waals surface area contributed by atoms with E-state index in [9.17, 15) is 18.3 Å². The summed E-state index contributed by atoms with van der Waals surface area (Å²) < 4.78 is 42.1. The van der Waals surface area contributed by atoms with Crippen LogP contribution in [0.15, 0.2) is 69.6 Å². The molecule has 1 aliphatic heterocycles. The third-order valence-corrected chi connectivity index (χ3v) is 5.70. The molecule has 0 unspecified atom stereocenters. The molecule has 28 heavy (non-hydrogen) atoms. The van der Waals surface area contributed by atoms with Gasteiger partial charge in [-0.05, 0) is 17.7 Å². The predicted octanol–water partition coefficient (Wildman–Crippen LogP) is 5.44. The van der Waals surface area contributed by atoms with Gasteiger partial charge in [0.1, 0.15) is 0 Å². The summed E-state index contributed by atoms with van der Waals surface area (Å²) in [6.07, 6.45) is -5.59. The number of hydrogen-bond donors (Lipinski definition) is 1. The smallest absolute Gasteiger partial charge is 0.362 e. The number of aromatic nitrogens is 1. The molecule has 1 atom stereocenters. The van der Waals surface area contributed by atoms with Crippen molar-refractivity contribution in [1.82, 2.24) is 4.98 Å². The molecule has 2 aromatic carbocycles. The largest absolute Gasteiger partial charge is 0.438 e. The van der Waals surface area contributed by atoms with Gasteiger partial charge in [0, 0.05) is 15.4 Å². The van der Waals surface area contributed by atoms with Crippen molar-refractivity contribution in [2.24, 2.45) is 5.10 Å². The Morgan fingerprint density at radius 1 is 1.04 bits per heavy atom. The molecule has 1 N–H and O–H groups in total. The first kappa shape index (κ1) is 19.1. The van der Waals surface area contributed by atoms with Gasteiger partial charge in [-0.1, -0.05) is 58.4 Å². The van der Waals surface area contributed by atoms with Gasteiger partial charge in [-0.25, -0.2) is 4.98 Å². The Morgan fingerprint density at radius 2 is 1.71 bits per heavy atom. The van der Waals surface area contributed by atoms with Crippen molar-refractivity contribution in [3.05, 3.63) is 70.0 Å². The first-order valence-electron chi connectivity index (χ1n) is 8.22. The second kappa shape index (κ2) is 6.98. The molecule has 9 heteroatoms. The SMILES string of the molecule is O[C@@]1(C(F)(F)F)CC(c2ccc(Br)cc2)=NN1c1nc(-c2ccccc2)cs1. The summed E-state index contributed by atoms with van der Waals surface area (Å²) in [7, 11) is 0. The van der Waals surface area contributed by atoms with Gasteiger partial charge in [-0.15, -0.1) is 11.3 Å². The molecule has 4 rings (SSSR count). The minimum absolute atomic E-state index is 0.0224. The minimum atomic E-state index is -4.91. The zero-order chi connectivity index (χ0) is 19.9. The third-order valence-electron chi connectivity index (χ3n) is 4.36. The number of anilines is 1. The van der Waals surface area contributed by atoms with Gasteiger partial charge < -0.3 is 5.11 Å². The summed E-state index contributed by atoms with van der Waals surface area (Å²) in [5.74, 6) is 0. The predicted molar refractivity (Wildman–Crippen MR) is 106 cm³/mol. The molecule has 144 valence electrons. The standard InChI is InChI=1S/C19H13BrF3N3OS/c20-14-8-6-13(7-9-14)15-10-18(27,19(21,22)23)26(25-15)17-24-16(11-28-17)12-4-2-1-3-5-12/h1-9,11,27H,10H2/t18-/m1/s1. The van der Waals surface area contributed by atoms with Gasteiger partial charge in [-0.3, -0.25) is 0 Å². The van der Waals surface area contributed by atoms with E-state index in [1.165, 1.54) is 0 Å². The number of nitrogens with zero attached hydrogens (tertiary/aromatic N) is 3. The van der Waals surface area contributed by atoms with Crippen LogP contribution in [0.25, 0.3) is 11.3 Å². The molecular weight excluding hydrogens is 455 g/mol. The van der Waals surface area contributed by atoms with Crippen molar-refractivity contribution < 1.29 is 18.3 Å². The summed E-state index contributed by atoms with van der Waals surface area (Å²) in [5.41, 5.74) is -1.20. The van der Waals surface area contributed by atoms with Crippen LogP contribution in [0.5, 0.6) is 0 Å². The highest BCUT2D eigenvalue weighted by Crippen LogP contribution is 2.45. The molecule has 0 radical (unpaired) electrons. The van der Waals surface area contributed by atoms with E-state index in [0.29, 0.717) is 16.3 Å². The Kier molecular flexibility index (Phi) is 4.76. The molecule has 3 aromatic rings. The number of hydrogen-bond acceptors (Lipinski definition) is 5. The Hall–Kier alpha value is -2.23. The fourth-order valence-corrected chi connectivity index (χ4v) is 3.99. The van der Waals surface area contributed by atoms with E-state index in [-0.39, 0.29) is 10.8 Å². The molecule has 0 amide bonds. The van der Waals surface area contributed by atoms with Crippen LogP contribution in [0.2, 0.25) is 0 Å². The van der Waals surface area contributed by atoms with Crippen molar-refractivity contribution in [2.75, 3.05) is 5.01 Å². The van der Waals surface area contributed by atoms with E-state index in [1.807, 2.05) is 30.3 Å². The van der Waals surface area contributed by atoms with Crippen LogP contribution in [0.4, 0.5) is 18.3 Å². The Labute approximate surface area is 171 Å². The average Bonchev–Trinajstić information content (AvgIpc) is 3.28. The lowest BCUT2D eigenvalue weighted by Crippen LogP contribution is -2.55. The number of rotatable bonds is 3. The molecule has 0 spiro atoms. The fourth-order valence-electron chi connectivity index (χ4n) is 2.87. The molecule has 0 bridgehead atoms. The number of aliphatic hydroxyl groups is 1. The number of hydrazone groups is 1. The van der Waals surface area contributed by atoms with Gasteiger partial charge in [-0.2, -0.15) is 23.3 Å². The second-order valence-electron chi connectivity index (χ2n) is 6.24. The molecule has 0 saturated heterocycles. The minimum Gasteiger partial charge on any atom is -0.362 e. The third kappa shape index (κ3) is 3.34. The highest BCUT2D eigenvalue weighted by Gasteiger charge is 2.62. The van der Waals surface area contributed by atoms with Crippen molar-refractivity contribution in [3.63, 3.8) is 0 Å². The molecule has 2 heterocycles.